The lowest BCUT2D eigenvalue weighted by atomic mass is 10.3. The Morgan fingerprint density at radius 3 is 3.12 bits per heavy atom. The molecule has 0 aliphatic heterocycles. The molecule has 0 aromatic carbocycles. The molecule has 0 atom stereocenters. The zero-order chi connectivity index (χ0) is 11.4. The minimum absolute atomic E-state index is 0.199. The molecule has 2 heterocycles. The third kappa shape index (κ3) is 2.64. The number of hydrogen-bond acceptors (Lipinski definition) is 5. The van der Waals surface area contributed by atoms with Gasteiger partial charge in [-0.05, 0) is 12.1 Å². The van der Waals surface area contributed by atoms with Crippen molar-refractivity contribution in [2.24, 2.45) is 0 Å². The number of hydrogen-bond donors (Lipinski definition) is 2. The highest BCUT2D eigenvalue weighted by atomic mass is 35.5. The molecular weight excluding hydrogens is 228 g/mol. The van der Waals surface area contributed by atoms with Crippen molar-refractivity contribution >= 4 is 23.4 Å². The van der Waals surface area contributed by atoms with Crippen LogP contribution in [0.5, 0.6) is 0 Å². The summed E-state index contributed by atoms with van der Waals surface area (Å²) in [5, 5.41) is 3.52. The van der Waals surface area contributed by atoms with Crippen molar-refractivity contribution in [2.45, 2.75) is 6.42 Å². The maximum atomic E-state index is 5.89. The van der Waals surface area contributed by atoms with E-state index in [4.69, 9.17) is 21.8 Å². The second-order valence-electron chi connectivity index (χ2n) is 3.18. The van der Waals surface area contributed by atoms with E-state index in [1.165, 1.54) is 6.20 Å². The quantitative estimate of drug-likeness (QED) is 0.852. The van der Waals surface area contributed by atoms with E-state index < -0.39 is 0 Å². The lowest BCUT2D eigenvalue weighted by Gasteiger charge is -2.06. The number of nitrogens with two attached hydrogens (primary N) is 1. The Hall–Kier alpha value is -1.75. The Labute approximate surface area is 97.6 Å². The maximum Gasteiger partial charge on any atom is 0.222 e. The lowest BCUT2D eigenvalue weighted by molar-refractivity contribution is 0.513. The first-order chi connectivity index (χ1) is 7.75. The van der Waals surface area contributed by atoms with Gasteiger partial charge >= 0.3 is 0 Å². The van der Waals surface area contributed by atoms with Crippen molar-refractivity contribution in [3.63, 3.8) is 0 Å². The molecule has 0 spiro atoms. The molecule has 5 nitrogen and oxygen atoms in total. The van der Waals surface area contributed by atoms with Gasteiger partial charge in [-0.2, -0.15) is 4.98 Å². The van der Waals surface area contributed by atoms with Gasteiger partial charge in [0.2, 0.25) is 5.95 Å². The highest BCUT2D eigenvalue weighted by Crippen LogP contribution is 2.18. The van der Waals surface area contributed by atoms with Crippen LogP contribution < -0.4 is 11.1 Å². The second-order valence-corrected chi connectivity index (χ2v) is 3.59. The average molecular weight is 239 g/mol. The van der Waals surface area contributed by atoms with Gasteiger partial charge in [0.1, 0.15) is 16.6 Å². The Morgan fingerprint density at radius 1 is 1.50 bits per heavy atom. The topological polar surface area (TPSA) is 77.0 Å². The van der Waals surface area contributed by atoms with E-state index >= 15 is 0 Å². The van der Waals surface area contributed by atoms with Crippen LogP contribution in [0.3, 0.4) is 0 Å². The predicted molar refractivity (Wildman–Crippen MR) is 62.4 cm³/mol. The van der Waals surface area contributed by atoms with Crippen LogP contribution in [-0.4, -0.2) is 16.5 Å². The largest absolute Gasteiger partial charge is 0.469 e. The standard InChI is InChI=1S/C10H11ClN4O/c11-8-6-14-10(12)15-9(8)13-4-3-7-2-1-5-16-7/h1-2,5-6H,3-4H2,(H3,12,13,14,15). The molecule has 0 saturated heterocycles. The summed E-state index contributed by atoms with van der Waals surface area (Å²) in [6.45, 7) is 0.670. The van der Waals surface area contributed by atoms with Gasteiger partial charge in [0.15, 0.2) is 0 Å². The third-order valence-electron chi connectivity index (χ3n) is 2.01. The molecule has 3 N–H and O–H groups in total. The van der Waals surface area contributed by atoms with E-state index in [0.29, 0.717) is 17.4 Å². The van der Waals surface area contributed by atoms with Crippen LogP contribution in [0.4, 0.5) is 11.8 Å². The van der Waals surface area contributed by atoms with Crippen molar-refractivity contribution in [2.75, 3.05) is 17.6 Å². The van der Waals surface area contributed by atoms with Gasteiger partial charge in [0.05, 0.1) is 12.5 Å². The molecule has 0 fully saturated rings. The van der Waals surface area contributed by atoms with E-state index in [1.54, 1.807) is 6.26 Å². The molecule has 2 aromatic heterocycles. The highest BCUT2D eigenvalue weighted by molar-refractivity contribution is 6.32. The van der Waals surface area contributed by atoms with Gasteiger partial charge in [-0.3, -0.25) is 0 Å². The zero-order valence-electron chi connectivity index (χ0n) is 8.48. The van der Waals surface area contributed by atoms with Crippen LogP contribution in [-0.2, 0) is 6.42 Å². The van der Waals surface area contributed by atoms with Gasteiger partial charge in [-0.25, -0.2) is 4.98 Å². The first-order valence-electron chi connectivity index (χ1n) is 4.80. The van der Waals surface area contributed by atoms with Crippen molar-refractivity contribution in [3.8, 4) is 0 Å². The summed E-state index contributed by atoms with van der Waals surface area (Å²) in [5.74, 6) is 1.65. The number of rotatable bonds is 4. The summed E-state index contributed by atoms with van der Waals surface area (Å²) < 4.78 is 5.19. The van der Waals surface area contributed by atoms with E-state index in [1.807, 2.05) is 12.1 Å². The molecule has 0 bridgehead atoms. The van der Waals surface area contributed by atoms with Gasteiger partial charge < -0.3 is 15.5 Å². The molecule has 0 amide bonds. The molecule has 0 radical (unpaired) electrons. The molecule has 0 unspecified atom stereocenters. The zero-order valence-corrected chi connectivity index (χ0v) is 9.24. The summed E-state index contributed by atoms with van der Waals surface area (Å²) in [7, 11) is 0. The molecule has 6 heteroatoms. The van der Waals surface area contributed by atoms with Crippen molar-refractivity contribution in [1.82, 2.24) is 9.97 Å². The third-order valence-corrected chi connectivity index (χ3v) is 2.28. The fraction of sp³-hybridized carbons (Fsp3) is 0.200. The summed E-state index contributed by atoms with van der Waals surface area (Å²) in [6.07, 6.45) is 3.87. The average Bonchev–Trinajstić information content (AvgIpc) is 2.76. The number of halogens is 1. The Kier molecular flexibility index (Phi) is 3.26. The smallest absolute Gasteiger partial charge is 0.222 e. The van der Waals surface area contributed by atoms with Crippen LogP contribution in [0.25, 0.3) is 0 Å². The molecule has 0 saturated carbocycles. The molecule has 0 aliphatic carbocycles. The summed E-state index contributed by atoms with van der Waals surface area (Å²) in [5.41, 5.74) is 5.45. The summed E-state index contributed by atoms with van der Waals surface area (Å²) >= 11 is 5.89. The van der Waals surface area contributed by atoms with Crippen LogP contribution in [0, 0.1) is 0 Å². The number of nitrogens with one attached hydrogen (secondary N) is 1. The molecule has 84 valence electrons. The number of anilines is 2. The summed E-state index contributed by atoms with van der Waals surface area (Å²) in [4.78, 5) is 7.76. The molecule has 2 rings (SSSR count). The van der Waals surface area contributed by atoms with E-state index in [0.717, 1.165) is 12.2 Å². The SMILES string of the molecule is Nc1ncc(Cl)c(NCCc2ccco2)n1. The minimum Gasteiger partial charge on any atom is -0.469 e. The fourth-order valence-corrected chi connectivity index (χ4v) is 1.42. The Bertz CT molecular complexity index is 458. The molecule has 0 aliphatic rings. The van der Waals surface area contributed by atoms with E-state index in [2.05, 4.69) is 15.3 Å². The first-order valence-corrected chi connectivity index (χ1v) is 5.18. The number of furan rings is 1. The highest BCUT2D eigenvalue weighted by Gasteiger charge is 2.03. The van der Waals surface area contributed by atoms with Gasteiger partial charge in [0.25, 0.3) is 0 Å². The molecule has 2 aromatic rings. The van der Waals surface area contributed by atoms with Gasteiger partial charge in [-0.1, -0.05) is 11.6 Å². The molecular formula is C10H11ClN4O. The fourth-order valence-electron chi connectivity index (χ4n) is 1.26. The van der Waals surface area contributed by atoms with Crippen LogP contribution in [0.1, 0.15) is 5.76 Å². The number of nitrogens with zero attached hydrogens (tertiary/aromatic N) is 2. The Balaban J connectivity index is 1.92. The predicted octanol–water partition coefficient (Wildman–Crippen LogP) is 1.96. The van der Waals surface area contributed by atoms with Crippen LogP contribution >= 0.6 is 11.6 Å². The lowest BCUT2D eigenvalue weighted by Crippen LogP contribution is -2.08. The normalized spacial score (nSPS) is 10.3. The van der Waals surface area contributed by atoms with E-state index in [-0.39, 0.29) is 5.95 Å². The monoisotopic (exact) mass is 238 g/mol. The second kappa shape index (κ2) is 4.85. The maximum absolute atomic E-state index is 5.89. The van der Waals surface area contributed by atoms with Crippen molar-refractivity contribution in [1.29, 1.82) is 0 Å². The summed E-state index contributed by atoms with van der Waals surface area (Å²) in [6, 6.07) is 3.77. The van der Waals surface area contributed by atoms with Crippen LogP contribution in [0.15, 0.2) is 29.0 Å². The minimum atomic E-state index is 0.199. The number of aromatic nitrogens is 2. The molecule has 16 heavy (non-hydrogen) atoms. The van der Waals surface area contributed by atoms with Crippen molar-refractivity contribution in [3.05, 3.63) is 35.4 Å². The van der Waals surface area contributed by atoms with Crippen LogP contribution in [0.2, 0.25) is 5.02 Å². The van der Waals surface area contributed by atoms with Gasteiger partial charge in [-0.15, -0.1) is 0 Å². The van der Waals surface area contributed by atoms with Gasteiger partial charge in [0, 0.05) is 13.0 Å². The first kappa shape index (κ1) is 10.8. The Morgan fingerprint density at radius 2 is 2.38 bits per heavy atom. The van der Waals surface area contributed by atoms with E-state index in [9.17, 15) is 0 Å². The van der Waals surface area contributed by atoms with Crippen molar-refractivity contribution < 1.29 is 4.42 Å². The number of nitrogen functional groups attached to an aromatic ring is 1.